The van der Waals surface area contributed by atoms with E-state index in [-0.39, 0.29) is 18.8 Å². The lowest BCUT2D eigenvalue weighted by Crippen LogP contribution is -2.19. The van der Waals surface area contributed by atoms with Crippen LogP contribution in [-0.4, -0.2) is 44.7 Å². The Morgan fingerprint density at radius 3 is 2.48 bits per heavy atom. The van der Waals surface area contributed by atoms with Crippen molar-refractivity contribution in [3.63, 3.8) is 0 Å². The molecule has 23 heavy (non-hydrogen) atoms. The zero-order chi connectivity index (χ0) is 17.1. The van der Waals surface area contributed by atoms with Gasteiger partial charge in [0.1, 0.15) is 24.8 Å². The fourth-order valence-corrected chi connectivity index (χ4v) is 1.57. The maximum atomic E-state index is 11.8. The second-order valence-corrected chi connectivity index (χ2v) is 4.67. The van der Waals surface area contributed by atoms with E-state index < -0.39 is 12.0 Å². The van der Waals surface area contributed by atoms with E-state index in [0.29, 0.717) is 24.7 Å². The molecule has 1 aromatic rings. The molecule has 1 rings (SSSR count). The van der Waals surface area contributed by atoms with Gasteiger partial charge < -0.3 is 14.2 Å². The van der Waals surface area contributed by atoms with Gasteiger partial charge in [-0.2, -0.15) is 10.2 Å². The molecule has 1 aromatic carbocycles. The van der Waals surface area contributed by atoms with Crippen LogP contribution in [-0.2, 0) is 19.1 Å². The van der Waals surface area contributed by atoms with E-state index in [1.54, 1.807) is 45.2 Å². The number of nitrogens with zero attached hydrogens (tertiary/aromatic N) is 2. The molecule has 0 aliphatic carbocycles. The molecule has 0 radical (unpaired) electrons. The van der Waals surface area contributed by atoms with Crippen LogP contribution in [0.4, 0.5) is 5.69 Å². The third-order valence-corrected chi connectivity index (χ3v) is 2.83. The Morgan fingerprint density at radius 2 is 1.87 bits per heavy atom. The summed E-state index contributed by atoms with van der Waals surface area (Å²) in [6.07, 6.45) is -0.291. The summed E-state index contributed by atoms with van der Waals surface area (Å²) in [5, 5.41) is 7.91. The van der Waals surface area contributed by atoms with Gasteiger partial charge in [0, 0.05) is 7.11 Å². The molecular weight excluding hydrogens is 300 g/mol. The predicted octanol–water partition coefficient (Wildman–Crippen LogP) is 2.71. The third-order valence-electron chi connectivity index (χ3n) is 2.83. The van der Waals surface area contributed by atoms with Gasteiger partial charge in [-0.15, -0.1) is 0 Å². The summed E-state index contributed by atoms with van der Waals surface area (Å²) in [6, 6.07) is 6.28. The van der Waals surface area contributed by atoms with E-state index >= 15 is 0 Å². The third kappa shape index (κ3) is 7.51. The molecule has 0 fully saturated rings. The van der Waals surface area contributed by atoms with Gasteiger partial charge in [0.05, 0.1) is 18.9 Å². The van der Waals surface area contributed by atoms with Crippen molar-refractivity contribution in [1.29, 1.82) is 0 Å². The smallest absolute Gasteiger partial charge is 0.313 e. The van der Waals surface area contributed by atoms with E-state index in [0.717, 1.165) is 0 Å². The first-order valence-corrected chi connectivity index (χ1v) is 7.37. The summed E-state index contributed by atoms with van der Waals surface area (Å²) < 4.78 is 15.0. The van der Waals surface area contributed by atoms with Gasteiger partial charge in [-0.1, -0.05) is 0 Å². The van der Waals surface area contributed by atoms with Gasteiger partial charge in [-0.05, 0) is 38.1 Å². The molecule has 7 heteroatoms. The number of hydrogen-bond donors (Lipinski definition) is 0. The van der Waals surface area contributed by atoms with Gasteiger partial charge >= 0.3 is 5.97 Å². The molecule has 0 saturated heterocycles. The molecular formula is C16H22N2O5. The highest BCUT2D eigenvalue weighted by Gasteiger charge is 2.16. The number of ether oxygens (including phenoxy) is 3. The molecule has 0 heterocycles. The zero-order valence-corrected chi connectivity index (χ0v) is 13.7. The molecule has 0 saturated carbocycles. The van der Waals surface area contributed by atoms with Crippen molar-refractivity contribution in [2.75, 3.05) is 26.9 Å². The van der Waals surface area contributed by atoms with Crippen LogP contribution in [0.5, 0.6) is 5.75 Å². The summed E-state index contributed by atoms with van der Waals surface area (Å²) >= 11 is 0. The average molecular weight is 322 g/mol. The molecule has 0 aliphatic rings. The molecule has 0 aromatic heterocycles. The highest BCUT2D eigenvalue weighted by atomic mass is 16.5. The number of carbonyl (C=O) groups excluding carboxylic acids is 2. The predicted molar refractivity (Wildman–Crippen MR) is 84.0 cm³/mol. The molecule has 126 valence electrons. The van der Waals surface area contributed by atoms with E-state index in [2.05, 4.69) is 10.2 Å². The standard InChI is InChI=1S/C16H22N2O5/c1-4-22-16(20)11-15(19)12(2)17-18-13-5-7-14(8-6-13)23-10-9-21-3/h5-8,12H,4,9-11H2,1-3H3. The Kier molecular flexibility index (Phi) is 8.52. The van der Waals surface area contributed by atoms with Gasteiger partial charge in [0.25, 0.3) is 0 Å². The Hall–Kier alpha value is -2.28. The van der Waals surface area contributed by atoms with Crippen LogP contribution < -0.4 is 4.74 Å². The molecule has 0 bridgehead atoms. The minimum absolute atomic E-state index is 0.251. The van der Waals surface area contributed by atoms with Crippen LogP contribution in [0.1, 0.15) is 20.3 Å². The lowest BCUT2D eigenvalue weighted by Gasteiger charge is -2.05. The first-order valence-electron chi connectivity index (χ1n) is 7.37. The van der Waals surface area contributed by atoms with E-state index in [1.807, 2.05) is 0 Å². The number of hydrogen-bond acceptors (Lipinski definition) is 7. The second-order valence-electron chi connectivity index (χ2n) is 4.67. The average Bonchev–Trinajstić information content (AvgIpc) is 2.54. The normalized spacial score (nSPS) is 12.1. The summed E-state index contributed by atoms with van der Waals surface area (Å²) in [4.78, 5) is 23.0. The van der Waals surface area contributed by atoms with Crippen LogP contribution in [0, 0.1) is 0 Å². The van der Waals surface area contributed by atoms with Crippen LogP contribution in [0.25, 0.3) is 0 Å². The number of methoxy groups -OCH3 is 1. The molecule has 1 unspecified atom stereocenters. The fourth-order valence-electron chi connectivity index (χ4n) is 1.57. The SMILES string of the molecule is CCOC(=O)CC(=O)C(C)N=Nc1ccc(OCCOC)cc1. The van der Waals surface area contributed by atoms with Gasteiger partial charge in [0.15, 0.2) is 5.78 Å². The lowest BCUT2D eigenvalue weighted by atomic mass is 10.2. The minimum atomic E-state index is -0.697. The quantitative estimate of drug-likeness (QED) is 0.286. The van der Waals surface area contributed by atoms with Crippen LogP contribution >= 0.6 is 0 Å². The molecule has 1 atom stereocenters. The maximum absolute atomic E-state index is 11.8. The fraction of sp³-hybridized carbons (Fsp3) is 0.500. The van der Waals surface area contributed by atoms with Crippen molar-refractivity contribution in [3.8, 4) is 5.75 Å². The first-order chi connectivity index (χ1) is 11.1. The van der Waals surface area contributed by atoms with Crippen molar-refractivity contribution in [3.05, 3.63) is 24.3 Å². The van der Waals surface area contributed by atoms with Crippen LogP contribution in [0.2, 0.25) is 0 Å². The summed E-state index contributed by atoms with van der Waals surface area (Å²) in [5.41, 5.74) is 0.597. The van der Waals surface area contributed by atoms with E-state index in [9.17, 15) is 9.59 Å². The number of benzene rings is 1. The molecule has 0 aliphatic heterocycles. The lowest BCUT2D eigenvalue weighted by molar-refractivity contribution is -0.145. The topological polar surface area (TPSA) is 86.6 Å². The monoisotopic (exact) mass is 322 g/mol. The maximum Gasteiger partial charge on any atom is 0.313 e. The van der Waals surface area contributed by atoms with E-state index in [1.165, 1.54) is 0 Å². The van der Waals surface area contributed by atoms with Crippen molar-refractivity contribution in [2.45, 2.75) is 26.3 Å². The highest BCUT2D eigenvalue weighted by Crippen LogP contribution is 2.19. The zero-order valence-electron chi connectivity index (χ0n) is 13.7. The molecule has 0 amide bonds. The van der Waals surface area contributed by atoms with Crippen molar-refractivity contribution in [2.24, 2.45) is 10.2 Å². The van der Waals surface area contributed by atoms with Gasteiger partial charge in [-0.3, -0.25) is 9.59 Å². The van der Waals surface area contributed by atoms with E-state index in [4.69, 9.17) is 14.2 Å². The largest absolute Gasteiger partial charge is 0.491 e. The number of rotatable bonds is 10. The molecule has 0 spiro atoms. The number of azo groups is 1. The number of esters is 1. The van der Waals surface area contributed by atoms with Gasteiger partial charge in [0.2, 0.25) is 0 Å². The molecule has 0 N–H and O–H groups in total. The molecule has 7 nitrogen and oxygen atoms in total. The summed E-state index contributed by atoms with van der Waals surface area (Å²) in [5.74, 6) is -0.170. The van der Waals surface area contributed by atoms with Crippen molar-refractivity contribution < 1.29 is 23.8 Å². The van der Waals surface area contributed by atoms with Crippen LogP contribution in [0.15, 0.2) is 34.5 Å². The van der Waals surface area contributed by atoms with Crippen LogP contribution in [0.3, 0.4) is 0 Å². The summed E-state index contributed by atoms with van der Waals surface area (Å²) in [7, 11) is 1.61. The number of ketones is 1. The number of carbonyl (C=O) groups is 2. The van der Waals surface area contributed by atoms with Gasteiger partial charge in [-0.25, -0.2) is 0 Å². The highest BCUT2D eigenvalue weighted by molar-refractivity contribution is 5.98. The Balaban J connectivity index is 2.49. The number of Topliss-reactive ketones (excluding diaryl/α,β-unsaturated/α-hetero) is 1. The minimum Gasteiger partial charge on any atom is -0.491 e. The Bertz CT molecular complexity index is 528. The second kappa shape index (κ2) is 10.4. The summed E-state index contributed by atoms with van der Waals surface area (Å²) in [6.45, 7) is 4.51. The van der Waals surface area contributed by atoms with Crippen molar-refractivity contribution >= 4 is 17.4 Å². The first kappa shape index (κ1) is 18.8. The van der Waals surface area contributed by atoms with Crippen molar-refractivity contribution in [1.82, 2.24) is 0 Å². The Labute approximate surface area is 135 Å². The Morgan fingerprint density at radius 1 is 1.17 bits per heavy atom.